The van der Waals surface area contributed by atoms with Gasteiger partial charge in [-0.05, 0) is 0 Å². The number of carbonyl (C=O) groups is 3. The molecule has 3 aliphatic rings. The summed E-state index contributed by atoms with van der Waals surface area (Å²) in [5.74, 6) is -3.60. The van der Waals surface area contributed by atoms with Gasteiger partial charge in [-0.25, -0.2) is 13.2 Å². The quantitative estimate of drug-likeness (QED) is 0.0776. The molecule has 3 saturated heterocycles. The Labute approximate surface area is 276 Å². The smallest absolute Gasteiger partial charge is 0.397 e. The average molecular weight is 761 g/mol. The molecule has 3 heterocycles. The van der Waals surface area contributed by atoms with Gasteiger partial charge in [0.15, 0.2) is 25.0 Å². The van der Waals surface area contributed by atoms with Crippen LogP contribution in [0.4, 0.5) is 0 Å². The van der Waals surface area contributed by atoms with Crippen LogP contribution in [0.2, 0.25) is 0 Å². The molecule has 0 aliphatic carbocycles. The summed E-state index contributed by atoms with van der Waals surface area (Å²) in [5.41, 5.74) is 0. The van der Waals surface area contributed by atoms with Gasteiger partial charge in [0.25, 0.3) is 0 Å². The van der Waals surface area contributed by atoms with E-state index in [0.717, 1.165) is 13.8 Å². The van der Waals surface area contributed by atoms with Crippen molar-refractivity contribution in [2.75, 3.05) is 13.2 Å². The molecule has 49 heavy (non-hydrogen) atoms. The molecule has 25 nitrogen and oxygen atoms in total. The van der Waals surface area contributed by atoms with Crippen LogP contribution in [-0.2, 0) is 67.2 Å². The number of amides is 2. The van der Waals surface area contributed by atoms with Gasteiger partial charge in [-0.15, -0.1) is 0 Å². The number of aliphatic carboxylic acids is 1. The number of carboxylic acids is 1. The summed E-state index contributed by atoms with van der Waals surface area (Å²) in [6, 6.07) is -3.47. The predicted molar refractivity (Wildman–Crippen MR) is 146 cm³/mol. The van der Waals surface area contributed by atoms with Gasteiger partial charge < -0.3 is 70.1 Å². The molecule has 2 amide bonds. The summed E-state index contributed by atoms with van der Waals surface area (Å²) in [6.07, 6.45) is -27.3. The van der Waals surface area contributed by atoms with Crippen molar-refractivity contribution in [2.24, 2.45) is 0 Å². The fourth-order valence-electron chi connectivity index (χ4n) is 5.11. The van der Waals surface area contributed by atoms with Crippen molar-refractivity contribution >= 4 is 38.6 Å². The lowest BCUT2D eigenvalue weighted by Crippen LogP contribution is -2.69. The number of hydrogen-bond acceptors (Lipinski definition) is 20. The second-order valence-corrected chi connectivity index (χ2v) is 13.1. The molecular weight excluding hydrogens is 724 g/mol. The van der Waals surface area contributed by atoms with Crippen molar-refractivity contribution in [1.82, 2.24) is 10.6 Å². The zero-order valence-electron chi connectivity index (χ0n) is 25.1. The fourth-order valence-corrected chi connectivity index (χ4v) is 5.72. The average Bonchev–Trinajstić information content (AvgIpc) is 2.96. The Hall–Kier alpha value is -2.29. The van der Waals surface area contributed by atoms with E-state index >= 15 is 0 Å². The van der Waals surface area contributed by atoms with Crippen LogP contribution in [0, 0.1) is 0 Å². The fraction of sp³-hybridized carbons (Fsp3) is 0.864. The zero-order chi connectivity index (χ0) is 37.2. The van der Waals surface area contributed by atoms with Crippen molar-refractivity contribution in [2.45, 2.75) is 106 Å². The largest absolute Gasteiger partial charge is 0.479 e. The highest BCUT2D eigenvalue weighted by Crippen LogP contribution is 2.33. The third kappa shape index (κ3) is 10.9. The number of hydrogen-bond donors (Lipinski definition) is 11. The summed E-state index contributed by atoms with van der Waals surface area (Å²) in [5, 5.41) is 78.5. The number of carbonyl (C=O) groups excluding carboxylic acids is 2. The van der Waals surface area contributed by atoms with Gasteiger partial charge in [0, 0.05) is 13.8 Å². The predicted octanol–water partition coefficient (Wildman–Crippen LogP) is -7.54. The highest BCUT2D eigenvalue weighted by atomic mass is 32.3. The van der Waals surface area contributed by atoms with Gasteiger partial charge in [-0.1, -0.05) is 0 Å². The van der Waals surface area contributed by atoms with E-state index in [1.807, 2.05) is 0 Å². The highest BCUT2D eigenvalue weighted by molar-refractivity contribution is 7.81. The topological polar surface area (TPSA) is 390 Å². The third-order valence-corrected chi connectivity index (χ3v) is 8.13. The van der Waals surface area contributed by atoms with E-state index in [2.05, 4.69) is 19.0 Å². The SMILES string of the molecule is CC(=O)N[C@H]1[C@H](O[C@H]2[C@H](O)[C@@H](O)[C@H](O[C@H]3[C@@H](O)[C@@H](COS(=O)(=O)O)OC(O)[C@@H]3NC(C)=O)O[C@@H]2C(=O)O)O[C@H](COS(=O)(=O)O)[C@H](O)[C@@H]1O. The second kappa shape index (κ2) is 16.4. The number of carboxylic acid groups (broad SMARTS) is 1. The standard InChI is InChI=1S/C22H36N2O23S2/c1-5(25)23-9-13(29)11(27)7(3-41-48(35,36)37)44-21(9)46-17-14(30)15(31)22(47-18(17)19(32)33)45-16-10(24-6(2)26)20(34)43-8(12(16)28)4-42-49(38,39)40/h7-18,20-22,27-31,34H,3-4H2,1-2H3,(H,23,25)(H,24,26)(H,32,33)(H,35,36,37)(H,38,39,40)/t7-,8-,9-,10-,11+,12+,13-,14-,15-,16-,17+,18+,20?,21+,22-/m1/s1. The van der Waals surface area contributed by atoms with E-state index in [1.54, 1.807) is 0 Å². The molecule has 3 rings (SSSR count). The van der Waals surface area contributed by atoms with Crippen LogP contribution in [0.3, 0.4) is 0 Å². The monoisotopic (exact) mass is 760 g/mol. The Kier molecular flexibility index (Phi) is 13.7. The molecule has 27 heteroatoms. The van der Waals surface area contributed by atoms with Crippen LogP contribution in [-0.4, -0.2) is 185 Å². The van der Waals surface area contributed by atoms with Crippen LogP contribution in [0.1, 0.15) is 13.8 Å². The van der Waals surface area contributed by atoms with Crippen molar-refractivity contribution in [3.8, 4) is 0 Å². The summed E-state index contributed by atoms with van der Waals surface area (Å²) in [4.78, 5) is 35.9. The molecular formula is C22H36N2O23S2. The van der Waals surface area contributed by atoms with Gasteiger partial charge in [0.05, 0.1) is 13.2 Å². The minimum atomic E-state index is -5.11. The van der Waals surface area contributed by atoms with E-state index in [-0.39, 0.29) is 0 Å². The van der Waals surface area contributed by atoms with E-state index in [0.29, 0.717) is 0 Å². The highest BCUT2D eigenvalue weighted by Gasteiger charge is 2.56. The first kappa shape index (κ1) is 41.1. The summed E-state index contributed by atoms with van der Waals surface area (Å²) >= 11 is 0. The summed E-state index contributed by atoms with van der Waals surface area (Å²) in [7, 11) is -10.2. The maximum atomic E-state index is 12.3. The second-order valence-electron chi connectivity index (χ2n) is 10.9. The van der Waals surface area contributed by atoms with E-state index in [9.17, 15) is 67.0 Å². The Bertz CT molecular complexity index is 1400. The summed E-state index contributed by atoms with van der Waals surface area (Å²) in [6.45, 7) is -0.330. The van der Waals surface area contributed by atoms with E-state index < -0.39 is 144 Å². The van der Waals surface area contributed by atoms with E-state index in [4.69, 9.17) is 32.8 Å². The van der Waals surface area contributed by atoms with Crippen LogP contribution in [0.15, 0.2) is 0 Å². The molecule has 11 N–H and O–H groups in total. The Morgan fingerprint density at radius 3 is 1.61 bits per heavy atom. The molecule has 0 saturated carbocycles. The molecule has 3 aliphatic heterocycles. The molecule has 3 fully saturated rings. The van der Waals surface area contributed by atoms with Gasteiger partial charge in [-0.2, -0.15) is 16.8 Å². The lowest BCUT2D eigenvalue weighted by Gasteiger charge is -2.48. The molecule has 0 aromatic heterocycles. The van der Waals surface area contributed by atoms with Crippen LogP contribution in [0.5, 0.6) is 0 Å². The van der Waals surface area contributed by atoms with Crippen molar-refractivity contribution in [3.05, 3.63) is 0 Å². The Balaban J connectivity index is 1.89. The molecule has 0 aromatic rings. The lowest BCUT2D eigenvalue weighted by atomic mass is 9.94. The van der Waals surface area contributed by atoms with Gasteiger partial charge in [-0.3, -0.25) is 18.7 Å². The van der Waals surface area contributed by atoms with Gasteiger partial charge in [0.2, 0.25) is 11.8 Å². The molecule has 284 valence electrons. The zero-order valence-corrected chi connectivity index (χ0v) is 26.8. The van der Waals surface area contributed by atoms with Crippen molar-refractivity contribution in [3.63, 3.8) is 0 Å². The first-order valence-corrected chi connectivity index (χ1v) is 16.6. The van der Waals surface area contributed by atoms with Crippen LogP contribution in [0.25, 0.3) is 0 Å². The molecule has 0 aromatic carbocycles. The first-order valence-electron chi connectivity index (χ1n) is 13.9. The minimum absolute atomic E-state index is 0.836. The summed E-state index contributed by atoms with van der Waals surface area (Å²) < 4.78 is 96.9. The number of aliphatic hydroxyl groups is 6. The number of rotatable bonds is 13. The maximum Gasteiger partial charge on any atom is 0.397 e. The first-order chi connectivity index (χ1) is 22.5. The number of nitrogens with one attached hydrogen (secondary N) is 2. The lowest BCUT2D eigenvalue weighted by molar-refractivity contribution is -0.358. The van der Waals surface area contributed by atoms with Gasteiger partial charge in [0.1, 0.15) is 67.0 Å². The number of aliphatic hydroxyl groups excluding tert-OH is 6. The van der Waals surface area contributed by atoms with Crippen LogP contribution >= 0.6 is 0 Å². The normalized spacial score (nSPS) is 40.3. The Morgan fingerprint density at radius 2 is 1.12 bits per heavy atom. The number of ether oxygens (including phenoxy) is 5. The molecule has 0 bridgehead atoms. The molecule has 1 unspecified atom stereocenters. The minimum Gasteiger partial charge on any atom is -0.479 e. The molecule has 0 radical (unpaired) electrons. The maximum absolute atomic E-state index is 12.3. The van der Waals surface area contributed by atoms with Crippen molar-refractivity contribution in [1.29, 1.82) is 0 Å². The van der Waals surface area contributed by atoms with Crippen LogP contribution < -0.4 is 10.6 Å². The van der Waals surface area contributed by atoms with Gasteiger partial charge >= 0.3 is 26.8 Å². The Morgan fingerprint density at radius 1 is 0.633 bits per heavy atom. The molecule has 15 atom stereocenters. The third-order valence-electron chi connectivity index (χ3n) is 7.27. The van der Waals surface area contributed by atoms with E-state index in [1.165, 1.54) is 0 Å². The molecule has 0 spiro atoms. The van der Waals surface area contributed by atoms with Crippen molar-refractivity contribution < 1.29 is 108 Å².